The van der Waals surface area contributed by atoms with Crippen molar-refractivity contribution in [2.45, 2.75) is 11.3 Å². The van der Waals surface area contributed by atoms with Crippen molar-refractivity contribution in [3.8, 4) is 10.7 Å². The van der Waals surface area contributed by atoms with Gasteiger partial charge >= 0.3 is 0 Å². The molecule has 4 nitrogen and oxygen atoms in total. The smallest absolute Gasteiger partial charge is 0.208 e. The molecule has 1 aromatic carbocycles. The highest BCUT2D eigenvalue weighted by Crippen LogP contribution is 2.26. The minimum absolute atomic E-state index is 0.243. The number of aromatic amines is 1. The molecule has 0 radical (unpaired) electrons. The lowest BCUT2D eigenvalue weighted by Gasteiger charge is -2.09. The van der Waals surface area contributed by atoms with E-state index in [1.165, 1.54) is 17.8 Å². The minimum atomic E-state index is -0.973. The molecule has 0 aliphatic carbocycles. The number of hydrogen-bond donors (Lipinski definition) is 2. The molecule has 2 heterocycles. The largest absolute Gasteiger partial charge is 0.388 e. The van der Waals surface area contributed by atoms with Gasteiger partial charge in [-0.25, -0.2) is 13.8 Å². The van der Waals surface area contributed by atoms with E-state index in [0.29, 0.717) is 16.5 Å². The van der Waals surface area contributed by atoms with Crippen LogP contribution in [0.2, 0.25) is 0 Å². The van der Waals surface area contributed by atoms with E-state index in [9.17, 15) is 13.9 Å². The van der Waals surface area contributed by atoms with Crippen LogP contribution < -0.4 is 0 Å². The van der Waals surface area contributed by atoms with Gasteiger partial charge in [0, 0.05) is 5.75 Å². The molecule has 3 aromatic rings. The average Bonchev–Trinajstić information content (AvgIpc) is 3.18. The van der Waals surface area contributed by atoms with E-state index in [1.807, 2.05) is 17.5 Å². The maximum absolute atomic E-state index is 13.1. The van der Waals surface area contributed by atoms with Gasteiger partial charge in [-0.2, -0.15) is 0 Å². The molecule has 2 N–H and O–H groups in total. The van der Waals surface area contributed by atoms with Crippen LogP contribution in [0, 0.1) is 11.6 Å². The topological polar surface area (TPSA) is 61.8 Å². The molecule has 0 saturated heterocycles. The van der Waals surface area contributed by atoms with Crippen molar-refractivity contribution in [3.05, 3.63) is 52.9 Å². The first kappa shape index (κ1) is 15.1. The molecular weight excluding hydrogens is 328 g/mol. The molecular formula is C14H11F2N3OS2. The summed E-state index contributed by atoms with van der Waals surface area (Å²) in [5.41, 5.74) is 0.320. The van der Waals surface area contributed by atoms with Gasteiger partial charge in [0.25, 0.3) is 0 Å². The zero-order valence-corrected chi connectivity index (χ0v) is 12.8. The molecule has 114 valence electrons. The number of benzene rings is 1. The summed E-state index contributed by atoms with van der Waals surface area (Å²) in [6.07, 6.45) is -0.927. The average molecular weight is 339 g/mol. The molecule has 0 aliphatic rings. The molecule has 3 rings (SSSR count). The summed E-state index contributed by atoms with van der Waals surface area (Å²) < 4.78 is 26.0. The fourth-order valence-electron chi connectivity index (χ4n) is 1.80. The summed E-state index contributed by atoms with van der Waals surface area (Å²) in [5.74, 6) is -0.996. The lowest BCUT2D eigenvalue weighted by molar-refractivity contribution is 0.203. The van der Waals surface area contributed by atoms with Crippen LogP contribution in [0.4, 0.5) is 8.78 Å². The molecule has 0 amide bonds. The Balaban J connectivity index is 1.63. The van der Waals surface area contributed by atoms with Crippen LogP contribution >= 0.6 is 23.1 Å². The SMILES string of the molecule is OC(CSc1n[nH]c(-c2cccs2)n1)c1ccc(F)c(F)c1. The Bertz CT molecular complexity index is 761. The number of aromatic nitrogens is 3. The number of thiophene rings is 1. The van der Waals surface area contributed by atoms with Crippen LogP contribution in [-0.4, -0.2) is 26.0 Å². The highest BCUT2D eigenvalue weighted by atomic mass is 32.2. The number of halogens is 2. The van der Waals surface area contributed by atoms with Gasteiger partial charge in [0.2, 0.25) is 5.16 Å². The molecule has 0 fully saturated rings. The lowest BCUT2D eigenvalue weighted by atomic mass is 10.1. The first-order valence-electron chi connectivity index (χ1n) is 6.35. The van der Waals surface area contributed by atoms with Crippen molar-refractivity contribution in [1.82, 2.24) is 15.2 Å². The van der Waals surface area contributed by atoms with Gasteiger partial charge in [0.1, 0.15) is 0 Å². The Labute approximate surface area is 133 Å². The third kappa shape index (κ3) is 3.34. The van der Waals surface area contributed by atoms with Crippen molar-refractivity contribution >= 4 is 23.1 Å². The molecule has 0 spiro atoms. The number of aliphatic hydroxyl groups is 1. The Morgan fingerprint density at radius 1 is 1.27 bits per heavy atom. The predicted molar refractivity (Wildman–Crippen MR) is 81.7 cm³/mol. The highest BCUT2D eigenvalue weighted by Gasteiger charge is 2.13. The predicted octanol–water partition coefficient (Wildman–Crippen LogP) is 3.64. The second-order valence-electron chi connectivity index (χ2n) is 4.44. The van der Waals surface area contributed by atoms with Gasteiger partial charge in [-0.1, -0.05) is 23.9 Å². The van der Waals surface area contributed by atoms with Gasteiger partial charge in [-0.3, -0.25) is 5.10 Å². The van der Waals surface area contributed by atoms with Crippen molar-refractivity contribution in [2.24, 2.45) is 0 Å². The number of rotatable bonds is 5. The van der Waals surface area contributed by atoms with Gasteiger partial charge in [-0.05, 0) is 29.1 Å². The fourth-order valence-corrected chi connectivity index (χ4v) is 3.23. The second kappa shape index (κ2) is 6.55. The molecule has 8 heteroatoms. The van der Waals surface area contributed by atoms with E-state index in [2.05, 4.69) is 15.2 Å². The van der Waals surface area contributed by atoms with E-state index in [-0.39, 0.29) is 5.75 Å². The maximum atomic E-state index is 13.1. The van der Waals surface area contributed by atoms with Crippen LogP contribution in [0.1, 0.15) is 11.7 Å². The van der Waals surface area contributed by atoms with Gasteiger partial charge in [0.05, 0.1) is 11.0 Å². The summed E-state index contributed by atoms with van der Waals surface area (Å²) in [4.78, 5) is 5.28. The Kier molecular flexibility index (Phi) is 4.51. The van der Waals surface area contributed by atoms with Gasteiger partial charge in [-0.15, -0.1) is 16.4 Å². The first-order valence-corrected chi connectivity index (χ1v) is 8.22. The molecule has 1 atom stereocenters. The summed E-state index contributed by atoms with van der Waals surface area (Å²) in [5, 5.41) is 19.3. The summed E-state index contributed by atoms with van der Waals surface area (Å²) in [7, 11) is 0. The van der Waals surface area contributed by atoms with Crippen molar-refractivity contribution in [3.63, 3.8) is 0 Å². The summed E-state index contributed by atoms with van der Waals surface area (Å²) in [6.45, 7) is 0. The molecule has 1 unspecified atom stereocenters. The standard InChI is InChI=1S/C14H11F2N3OS2/c15-9-4-3-8(6-10(9)16)11(20)7-22-14-17-13(18-19-14)12-2-1-5-21-12/h1-6,11,20H,7H2,(H,17,18,19). The maximum Gasteiger partial charge on any atom is 0.208 e. The van der Waals surface area contributed by atoms with Crippen molar-refractivity contribution in [1.29, 1.82) is 0 Å². The van der Waals surface area contributed by atoms with E-state index < -0.39 is 17.7 Å². The number of thioether (sulfide) groups is 1. The van der Waals surface area contributed by atoms with Crippen LogP contribution in [0.25, 0.3) is 10.7 Å². The Morgan fingerprint density at radius 3 is 2.86 bits per heavy atom. The number of nitrogens with one attached hydrogen (secondary N) is 1. The minimum Gasteiger partial charge on any atom is -0.388 e. The zero-order valence-electron chi connectivity index (χ0n) is 11.2. The molecule has 0 saturated carbocycles. The Hall–Kier alpha value is -1.77. The van der Waals surface area contributed by atoms with Crippen molar-refractivity contribution < 1.29 is 13.9 Å². The van der Waals surface area contributed by atoms with Gasteiger partial charge in [0.15, 0.2) is 17.5 Å². The number of aliphatic hydroxyl groups excluding tert-OH is 1. The summed E-state index contributed by atoms with van der Waals surface area (Å²) >= 11 is 2.78. The summed E-state index contributed by atoms with van der Waals surface area (Å²) in [6, 6.07) is 7.20. The molecule has 0 aliphatic heterocycles. The van der Waals surface area contributed by atoms with E-state index >= 15 is 0 Å². The number of hydrogen-bond acceptors (Lipinski definition) is 5. The quantitative estimate of drug-likeness (QED) is 0.697. The molecule has 2 aromatic heterocycles. The number of H-pyrrole nitrogens is 1. The third-order valence-corrected chi connectivity index (χ3v) is 4.72. The van der Waals surface area contributed by atoms with E-state index in [1.54, 1.807) is 11.3 Å². The third-order valence-electron chi connectivity index (χ3n) is 2.92. The lowest BCUT2D eigenvalue weighted by Crippen LogP contribution is -2.02. The first-order chi connectivity index (χ1) is 10.6. The molecule has 0 bridgehead atoms. The van der Waals surface area contributed by atoms with Crippen LogP contribution in [0.3, 0.4) is 0 Å². The fraction of sp³-hybridized carbons (Fsp3) is 0.143. The Morgan fingerprint density at radius 2 is 2.14 bits per heavy atom. The van der Waals surface area contributed by atoms with Crippen LogP contribution in [-0.2, 0) is 0 Å². The monoisotopic (exact) mass is 339 g/mol. The second-order valence-corrected chi connectivity index (χ2v) is 6.38. The number of nitrogens with zero attached hydrogens (tertiary/aromatic N) is 2. The normalized spacial score (nSPS) is 12.5. The zero-order chi connectivity index (χ0) is 15.5. The van der Waals surface area contributed by atoms with Crippen molar-refractivity contribution in [2.75, 3.05) is 5.75 Å². The highest BCUT2D eigenvalue weighted by molar-refractivity contribution is 7.99. The van der Waals surface area contributed by atoms with E-state index in [4.69, 9.17) is 0 Å². The molecule has 22 heavy (non-hydrogen) atoms. The van der Waals surface area contributed by atoms with E-state index in [0.717, 1.165) is 17.0 Å². The van der Waals surface area contributed by atoms with Gasteiger partial charge < -0.3 is 5.11 Å². The van der Waals surface area contributed by atoms with Crippen LogP contribution in [0.15, 0.2) is 40.9 Å². The van der Waals surface area contributed by atoms with Crippen LogP contribution in [0.5, 0.6) is 0 Å².